The summed E-state index contributed by atoms with van der Waals surface area (Å²) in [5.74, 6) is 0.0975. The van der Waals surface area contributed by atoms with Crippen LogP contribution >= 0.6 is 0 Å². The summed E-state index contributed by atoms with van der Waals surface area (Å²) >= 11 is 0. The van der Waals surface area contributed by atoms with Crippen molar-refractivity contribution in [2.45, 2.75) is 35.7 Å². The Labute approximate surface area is 177 Å². The first kappa shape index (κ1) is 23.8. The van der Waals surface area contributed by atoms with Crippen molar-refractivity contribution in [1.29, 1.82) is 0 Å². The third-order valence-corrected chi connectivity index (χ3v) is 7.48. The predicted molar refractivity (Wildman–Crippen MR) is 114 cm³/mol. The SMILES string of the molecule is COc1ccc(S(=O)(=O)N[C@@H](C)C(=O)N(C)C(C)c2ccc(S(C)(=O)=O)cc2)cc1. The van der Waals surface area contributed by atoms with E-state index >= 15 is 0 Å². The van der Waals surface area contributed by atoms with Crippen LogP contribution in [0, 0.1) is 0 Å². The number of hydrogen-bond donors (Lipinski definition) is 1. The molecule has 0 bridgehead atoms. The van der Waals surface area contributed by atoms with Crippen molar-refractivity contribution >= 4 is 25.8 Å². The van der Waals surface area contributed by atoms with E-state index in [1.165, 1.54) is 55.3 Å². The van der Waals surface area contributed by atoms with Crippen LogP contribution in [0.5, 0.6) is 5.75 Å². The van der Waals surface area contributed by atoms with Gasteiger partial charge in [-0.2, -0.15) is 4.72 Å². The highest BCUT2D eigenvalue weighted by atomic mass is 32.2. The standard InChI is InChI=1S/C20H26N2O6S2/c1-14(21-30(26,27)19-12-8-17(28-4)9-13-19)20(23)22(3)15(2)16-6-10-18(11-7-16)29(5,24)25/h6-15,21H,1-5H3/t14-,15?/m0/s1. The molecule has 10 heteroatoms. The minimum absolute atomic E-state index is 0.0232. The van der Waals surface area contributed by atoms with Crippen LogP contribution in [0.25, 0.3) is 0 Å². The van der Waals surface area contributed by atoms with Crippen LogP contribution in [-0.2, 0) is 24.7 Å². The fourth-order valence-corrected chi connectivity index (χ4v) is 4.65. The van der Waals surface area contributed by atoms with E-state index in [9.17, 15) is 21.6 Å². The molecule has 0 aliphatic rings. The Bertz CT molecular complexity index is 1090. The van der Waals surface area contributed by atoms with Crippen molar-refractivity contribution < 1.29 is 26.4 Å². The highest BCUT2D eigenvalue weighted by molar-refractivity contribution is 7.90. The lowest BCUT2D eigenvalue weighted by molar-refractivity contribution is -0.133. The smallest absolute Gasteiger partial charge is 0.241 e. The first-order chi connectivity index (χ1) is 13.9. The second-order valence-electron chi connectivity index (χ2n) is 6.98. The van der Waals surface area contributed by atoms with Crippen LogP contribution in [0.15, 0.2) is 58.3 Å². The van der Waals surface area contributed by atoms with Crippen LogP contribution in [0.3, 0.4) is 0 Å². The summed E-state index contributed by atoms with van der Waals surface area (Å²) in [4.78, 5) is 14.4. The number of hydrogen-bond acceptors (Lipinski definition) is 6. The second-order valence-corrected chi connectivity index (χ2v) is 10.7. The second kappa shape index (κ2) is 9.15. The number of nitrogens with zero attached hydrogens (tertiary/aromatic N) is 1. The molecule has 2 aromatic carbocycles. The molecule has 0 radical (unpaired) electrons. The fraction of sp³-hybridized carbons (Fsp3) is 0.350. The van der Waals surface area contributed by atoms with Gasteiger partial charge in [0.2, 0.25) is 15.9 Å². The van der Waals surface area contributed by atoms with Gasteiger partial charge in [0.1, 0.15) is 5.75 Å². The molecule has 0 fully saturated rings. The van der Waals surface area contributed by atoms with Gasteiger partial charge < -0.3 is 9.64 Å². The number of methoxy groups -OCH3 is 1. The number of nitrogens with one attached hydrogen (secondary N) is 1. The van der Waals surface area contributed by atoms with Crippen LogP contribution in [0.1, 0.15) is 25.5 Å². The van der Waals surface area contributed by atoms with E-state index < -0.39 is 31.8 Å². The van der Waals surface area contributed by atoms with E-state index in [4.69, 9.17) is 4.74 Å². The van der Waals surface area contributed by atoms with Crippen molar-refractivity contribution in [2.24, 2.45) is 0 Å². The van der Waals surface area contributed by atoms with Crippen molar-refractivity contribution in [1.82, 2.24) is 9.62 Å². The Kier molecular flexibility index (Phi) is 7.27. The molecule has 0 aromatic heterocycles. The molecule has 0 aliphatic carbocycles. The monoisotopic (exact) mass is 454 g/mol. The Morgan fingerprint density at radius 3 is 1.90 bits per heavy atom. The number of likely N-dealkylation sites (N-methyl/N-ethyl adjacent to an activating group) is 1. The zero-order chi connectivity index (χ0) is 22.7. The summed E-state index contributed by atoms with van der Waals surface area (Å²) in [6.45, 7) is 3.25. The summed E-state index contributed by atoms with van der Waals surface area (Å²) in [5, 5.41) is 0. The van der Waals surface area contributed by atoms with E-state index in [0.29, 0.717) is 5.75 Å². The predicted octanol–water partition coefficient (Wildman–Crippen LogP) is 1.99. The maximum atomic E-state index is 12.8. The molecule has 8 nitrogen and oxygen atoms in total. The number of carbonyl (C=O) groups excluding carboxylic acids is 1. The molecule has 2 rings (SSSR count). The summed E-state index contributed by atoms with van der Waals surface area (Å²) in [6.07, 6.45) is 1.12. The summed E-state index contributed by atoms with van der Waals surface area (Å²) in [6, 6.07) is 10.7. The molecule has 1 amide bonds. The van der Waals surface area contributed by atoms with Gasteiger partial charge in [0.05, 0.1) is 29.0 Å². The van der Waals surface area contributed by atoms with Gasteiger partial charge in [-0.1, -0.05) is 12.1 Å². The van der Waals surface area contributed by atoms with Gasteiger partial charge in [0.25, 0.3) is 0 Å². The highest BCUT2D eigenvalue weighted by Gasteiger charge is 2.27. The lowest BCUT2D eigenvalue weighted by Gasteiger charge is -2.28. The van der Waals surface area contributed by atoms with Crippen LogP contribution in [0.4, 0.5) is 0 Å². The number of benzene rings is 2. The Hall–Kier alpha value is -2.43. The van der Waals surface area contributed by atoms with E-state index in [-0.39, 0.29) is 15.8 Å². The Morgan fingerprint density at radius 2 is 1.43 bits per heavy atom. The maximum Gasteiger partial charge on any atom is 0.241 e. The number of ether oxygens (including phenoxy) is 1. The third kappa shape index (κ3) is 5.59. The Morgan fingerprint density at radius 1 is 0.933 bits per heavy atom. The van der Waals surface area contributed by atoms with Crippen molar-refractivity contribution in [2.75, 3.05) is 20.4 Å². The molecular weight excluding hydrogens is 428 g/mol. The van der Waals surface area contributed by atoms with Crippen LogP contribution in [-0.4, -0.2) is 54.1 Å². The zero-order valence-corrected chi connectivity index (χ0v) is 19.1. The van der Waals surface area contributed by atoms with E-state index in [1.807, 2.05) is 0 Å². The van der Waals surface area contributed by atoms with Gasteiger partial charge in [-0.15, -0.1) is 0 Å². The van der Waals surface area contributed by atoms with E-state index in [1.54, 1.807) is 26.1 Å². The summed E-state index contributed by atoms with van der Waals surface area (Å²) < 4.78 is 55.7. The van der Waals surface area contributed by atoms with Gasteiger partial charge in [0, 0.05) is 13.3 Å². The van der Waals surface area contributed by atoms with Crippen LogP contribution < -0.4 is 9.46 Å². The van der Waals surface area contributed by atoms with Crippen molar-refractivity contribution in [3.63, 3.8) is 0 Å². The quantitative estimate of drug-likeness (QED) is 0.653. The Balaban J connectivity index is 2.12. The molecule has 30 heavy (non-hydrogen) atoms. The van der Waals surface area contributed by atoms with Gasteiger partial charge in [0.15, 0.2) is 9.84 Å². The van der Waals surface area contributed by atoms with Crippen molar-refractivity contribution in [3.8, 4) is 5.75 Å². The normalized spacial score (nSPS) is 14.0. The topological polar surface area (TPSA) is 110 Å². The van der Waals surface area contributed by atoms with E-state index in [2.05, 4.69) is 4.72 Å². The first-order valence-electron chi connectivity index (χ1n) is 9.10. The van der Waals surface area contributed by atoms with Gasteiger partial charge in [-0.3, -0.25) is 4.79 Å². The van der Waals surface area contributed by atoms with Crippen molar-refractivity contribution in [3.05, 3.63) is 54.1 Å². The first-order valence-corrected chi connectivity index (χ1v) is 12.5. The number of rotatable bonds is 8. The average molecular weight is 455 g/mol. The molecule has 0 heterocycles. The fourth-order valence-electron chi connectivity index (χ4n) is 2.82. The lowest BCUT2D eigenvalue weighted by Crippen LogP contribution is -2.46. The molecule has 1 unspecified atom stereocenters. The molecule has 2 aromatic rings. The molecule has 0 saturated carbocycles. The number of amides is 1. The lowest BCUT2D eigenvalue weighted by atomic mass is 10.1. The summed E-state index contributed by atoms with van der Waals surface area (Å²) in [7, 11) is -4.16. The van der Waals surface area contributed by atoms with E-state index in [0.717, 1.165) is 11.8 Å². The number of sulfone groups is 1. The summed E-state index contributed by atoms with van der Waals surface area (Å²) in [5.41, 5.74) is 0.725. The maximum absolute atomic E-state index is 12.8. The largest absolute Gasteiger partial charge is 0.497 e. The highest BCUT2D eigenvalue weighted by Crippen LogP contribution is 2.22. The van der Waals surface area contributed by atoms with Crippen LogP contribution in [0.2, 0.25) is 0 Å². The molecule has 0 spiro atoms. The van der Waals surface area contributed by atoms with Gasteiger partial charge >= 0.3 is 0 Å². The zero-order valence-electron chi connectivity index (χ0n) is 17.5. The third-order valence-electron chi connectivity index (χ3n) is 4.79. The molecule has 2 atom stereocenters. The molecule has 1 N–H and O–H groups in total. The molecule has 0 saturated heterocycles. The minimum atomic E-state index is -3.90. The molecular formula is C20H26N2O6S2. The number of sulfonamides is 1. The molecule has 164 valence electrons. The number of carbonyl (C=O) groups is 1. The molecule has 0 aliphatic heterocycles. The minimum Gasteiger partial charge on any atom is -0.497 e. The van der Waals surface area contributed by atoms with Gasteiger partial charge in [-0.05, 0) is 55.8 Å². The average Bonchev–Trinajstić information content (AvgIpc) is 2.71. The van der Waals surface area contributed by atoms with Gasteiger partial charge in [-0.25, -0.2) is 16.8 Å².